The third-order valence-electron chi connectivity index (χ3n) is 5.36. The number of nitrogens with one attached hydrogen (secondary N) is 1. The number of para-hydroxylation sites is 1. The largest absolute Gasteiger partial charge is 0.464 e. The van der Waals surface area contributed by atoms with Crippen LogP contribution in [0.2, 0.25) is 0 Å². The van der Waals surface area contributed by atoms with Crippen molar-refractivity contribution >= 4 is 29.0 Å². The number of amides is 2. The molecule has 1 unspecified atom stereocenters. The van der Waals surface area contributed by atoms with Gasteiger partial charge in [0.05, 0.1) is 5.69 Å². The van der Waals surface area contributed by atoms with E-state index in [4.69, 9.17) is 4.42 Å². The maximum atomic E-state index is 13.7. The lowest BCUT2D eigenvalue weighted by Crippen LogP contribution is -2.50. The Morgan fingerprint density at radius 2 is 1.84 bits per heavy atom. The van der Waals surface area contributed by atoms with Gasteiger partial charge in [-0.1, -0.05) is 29.6 Å². The second kappa shape index (κ2) is 9.01. The standard InChI is InChI=1S/C23H28N4O3S/c1-7-23(5,6)24-21(28)20(18-12-11-16(4)30-18)27(22(29)17-13-31-26-25-17)19-14(2)9-8-10-15(19)3/h8-13,20H,7H2,1-6H3,(H,24,28). The number of nitrogens with zero attached hydrogens (tertiary/aromatic N) is 3. The molecule has 2 heterocycles. The van der Waals surface area contributed by atoms with Gasteiger partial charge >= 0.3 is 0 Å². The van der Waals surface area contributed by atoms with E-state index in [-0.39, 0.29) is 11.6 Å². The average Bonchev–Trinajstić information content (AvgIpc) is 3.38. The number of aryl methyl sites for hydroxylation is 3. The van der Waals surface area contributed by atoms with Gasteiger partial charge < -0.3 is 9.73 Å². The Morgan fingerprint density at radius 1 is 1.16 bits per heavy atom. The molecular weight excluding hydrogens is 412 g/mol. The Labute approximate surface area is 186 Å². The van der Waals surface area contributed by atoms with Gasteiger partial charge in [0.2, 0.25) is 0 Å². The van der Waals surface area contributed by atoms with Gasteiger partial charge in [-0.05, 0) is 75.8 Å². The van der Waals surface area contributed by atoms with E-state index in [0.29, 0.717) is 17.2 Å². The lowest BCUT2D eigenvalue weighted by Gasteiger charge is -2.34. The Hall–Kier alpha value is -3.00. The molecule has 31 heavy (non-hydrogen) atoms. The maximum absolute atomic E-state index is 13.7. The summed E-state index contributed by atoms with van der Waals surface area (Å²) >= 11 is 1.09. The van der Waals surface area contributed by atoms with Crippen LogP contribution in [0.15, 0.2) is 40.1 Å². The molecule has 2 aromatic heterocycles. The number of furan rings is 1. The predicted molar refractivity (Wildman–Crippen MR) is 121 cm³/mol. The quantitative estimate of drug-likeness (QED) is 0.573. The van der Waals surface area contributed by atoms with E-state index in [1.165, 1.54) is 4.90 Å². The highest BCUT2D eigenvalue weighted by atomic mass is 32.1. The summed E-state index contributed by atoms with van der Waals surface area (Å²) in [7, 11) is 0. The third kappa shape index (κ3) is 4.85. The molecule has 1 N–H and O–H groups in total. The summed E-state index contributed by atoms with van der Waals surface area (Å²) in [6.07, 6.45) is 0.732. The number of hydrogen-bond donors (Lipinski definition) is 1. The minimum absolute atomic E-state index is 0.184. The molecule has 2 amide bonds. The lowest BCUT2D eigenvalue weighted by atomic mass is 9.99. The van der Waals surface area contributed by atoms with Gasteiger partial charge in [0.25, 0.3) is 11.8 Å². The van der Waals surface area contributed by atoms with Crippen molar-refractivity contribution in [3.8, 4) is 0 Å². The summed E-state index contributed by atoms with van der Waals surface area (Å²) in [6, 6.07) is 8.28. The highest BCUT2D eigenvalue weighted by Crippen LogP contribution is 2.35. The van der Waals surface area contributed by atoms with E-state index < -0.39 is 17.5 Å². The normalized spacial score (nSPS) is 12.5. The van der Waals surface area contributed by atoms with Crippen LogP contribution in [0.1, 0.15) is 66.4 Å². The minimum atomic E-state index is -1.01. The lowest BCUT2D eigenvalue weighted by molar-refractivity contribution is -0.124. The molecule has 0 bridgehead atoms. The molecule has 7 nitrogen and oxygen atoms in total. The second-order valence-electron chi connectivity index (χ2n) is 8.28. The molecule has 0 spiro atoms. The first-order valence-corrected chi connectivity index (χ1v) is 11.0. The van der Waals surface area contributed by atoms with Crippen molar-refractivity contribution in [1.82, 2.24) is 14.9 Å². The zero-order valence-electron chi connectivity index (χ0n) is 18.7. The highest BCUT2D eigenvalue weighted by molar-refractivity contribution is 7.03. The molecule has 0 aliphatic rings. The monoisotopic (exact) mass is 440 g/mol. The first-order chi connectivity index (χ1) is 14.6. The van der Waals surface area contributed by atoms with Gasteiger partial charge in [0, 0.05) is 10.9 Å². The molecule has 0 saturated carbocycles. The van der Waals surface area contributed by atoms with Crippen LogP contribution in [-0.2, 0) is 4.79 Å². The van der Waals surface area contributed by atoms with Crippen LogP contribution < -0.4 is 10.2 Å². The molecule has 1 aromatic carbocycles. The summed E-state index contributed by atoms with van der Waals surface area (Å²) in [6.45, 7) is 11.5. The van der Waals surface area contributed by atoms with Crippen LogP contribution in [0.3, 0.4) is 0 Å². The minimum Gasteiger partial charge on any atom is -0.464 e. The maximum Gasteiger partial charge on any atom is 0.280 e. The van der Waals surface area contributed by atoms with Crippen LogP contribution in [0.5, 0.6) is 0 Å². The number of carbonyl (C=O) groups excluding carboxylic acids is 2. The molecule has 1 atom stereocenters. The topological polar surface area (TPSA) is 88.3 Å². The Balaban J connectivity index is 2.22. The molecule has 0 fully saturated rings. The smallest absolute Gasteiger partial charge is 0.280 e. The summed E-state index contributed by atoms with van der Waals surface area (Å²) in [5.41, 5.74) is 2.13. The fraction of sp³-hybridized carbons (Fsp3) is 0.391. The fourth-order valence-corrected chi connectivity index (χ4v) is 3.81. The van der Waals surface area contributed by atoms with Crippen LogP contribution in [-0.4, -0.2) is 26.9 Å². The number of benzene rings is 1. The van der Waals surface area contributed by atoms with Gasteiger partial charge in [-0.3, -0.25) is 14.5 Å². The summed E-state index contributed by atoms with van der Waals surface area (Å²) in [5, 5.41) is 8.63. The first kappa shape index (κ1) is 22.7. The van der Waals surface area contributed by atoms with Gasteiger partial charge in [0.15, 0.2) is 11.7 Å². The first-order valence-electron chi connectivity index (χ1n) is 10.2. The summed E-state index contributed by atoms with van der Waals surface area (Å²) in [4.78, 5) is 28.8. The zero-order chi connectivity index (χ0) is 22.8. The molecule has 0 saturated heterocycles. The van der Waals surface area contributed by atoms with Crippen molar-refractivity contribution in [3.05, 3.63) is 64.1 Å². The molecular formula is C23H28N4O3S. The van der Waals surface area contributed by atoms with E-state index in [0.717, 1.165) is 29.1 Å². The van der Waals surface area contributed by atoms with Crippen LogP contribution >= 0.6 is 11.5 Å². The van der Waals surface area contributed by atoms with Gasteiger partial charge in [-0.25, -0.2) is 0 Å². The molecule has 3 rings (SSSR count). The average molecular weight is 441 g/mol. The Kier molecular flexibility index (Phi) is 6.59. The molecule has 0 aliphatic carbocycles. The van der Waals surface area contributed by atoms with E-state index in [1.807, 2.05) is 59.7 Å². The van der Waals surface area contributed by atoms with E-state index >= 15 is 0 Å². The molecule has 8 heteroatoms. The van der Waals surface area contributed by atoms with Gasteiger partial charge in [-0.2, -0.15) is 0 Å². The Bertz CT molecular complexity index is 1050. The molecule has 0 aliphatic heterocycles. The van der Waals surface area contributed by atoms with Gasteiger partial charge in [-0.15, -0.1) is 5.10 Å². The van der Waals surface area contributed by atoms with Crippen LogP contribution in [0.4, 0.5) is 5.69 Å². The van der Waals surface area contributed by atoms with Gasteiger partial charge in [0.1, 0.15) is 11.5 Å². The summed E-state index contributed by atoms with van der Waals surface area (Å²) < 4.78 is 9.71. The van der Waals surface area contributed by atoms with Crippen molar-refractivity contribution in [3.63, 3.8) is 0 Å². The number of hydrogen-bond acceptors (Lipinski definition) is 6. The predicted octanol–water partition coefficient (Wildman–Crippen LogP) is 4.75. The highest BCUT2D eigenvalue weighted by Gasteiger charge is 2.39. The SMILES string of the molecule is CCC(C)(C)NC(=O)C(c1ccc(C)o1)N(C(=O)c1csnn1)c1c(C)cccc1C. The number of aromatic nitrogens is 2. The van der Waals surface area contributed by atoms with Crippen molar-refractivity contribution in [2.45, 2.75) is 59.5 Å². The molecule has 164 valence electrons. The fourth-order valence-electron chi connectivity index (χ4n) is 3.38. The van der Waals surface area contributed by atoms with E-state index in [1.54, 1.807) is 17.5 Å². The van der Waals surface area contributed by atoms with Crippen LogP contribution in [0, 0.1) is 20.8 Å². The van der Waals surface area contributed by atoms with Crippen molar-refractivity contribution in [2.24, 2.45) is 0 Å². The van der Waals surface area contributed by atoms with Crippen molar-refractivity contribution in [2.75, 3.05) is 4.90 Å². The Morgan fingerprint density at radius 3 is 2.35 bits per heavy atom. The second-order valence-corrected chi connectivity index (χ2v) is 8.89. The molecule has 0 radical (unpaired) electrons. The van der Waals surface area contributed by atoms with E-state index in [9.17, 15) is 9.59 Å². The van der Waals surface area contributed by atoms with Crippen molar-refractivity contribution < 1.29 is 14.0 Å². The molecule has 3 aromatic rings. The van der Waals surface area contributed by atoms with E-state index in [2.05, 4.69) is 14.9 Å². The number of anilines is 1. The number of rotatable bonds is 7. The number of carbonyl (C=O) groups is 2. The zero-order valence-corrected chi connectivity index (χ0v) is 19.5. The van der Waals surface area contributed by atoms with Crippen LogP contribution in [0.25, 0.3) is 0 Å². The third-order valence-corrected chi connectivity index (χ3v) is 5.87. The summed E-state index contributed by atoms with van der Waals surface area (Å²) in [5.74, 6) is 0.322. The van der Waals surface area contributed by atoms with Crippen molar-refractivity contribution in [1.29, 1.82) is 0 Å².